The molecule has 1 atom stereocenters. The molecule has 1 fully saturated rings. The Bertz CT molecular complexity index is 533. The maximum atomic E-state index is 5.88. The van der Waals surface area contributed by atoms with Gasteiger partial charge in [0.15, 0.2) is 5.82 Å². The van der Waals surface area contributed by atoms with Crippen molar-refractivity contribution in [1.82, 2.24) is 15.3 Å². The Kier molecular flexibility index (Phi) is 3.26. The fourth-order valence-electron chi connectivity index (χ4n) is 2.24. The van der Waals surface area contributed by atoms with Gasteiger partial charge in [0.25, 0.3) is 0 Å². The molecule has 0 radical (unpaired) electrons. The second-order valence-corrected chi connectivity index (χ2v) is 4.90. The summed E-state index contributed by atoms with van der Waals surface area (Å²) in [4.78, 5) is 8.97. The van der Waals surface area contributed by atoms with Gasteiger partial charge in [-0.3, -0.25) is 0 Å². The minimum atomic E-state index is 0.374. The van der Waals surface area contributed by atoms with Crippen molar-refractivity contribution in [2.45, 2.75) is 18.9 Å². The minimum absolute atomic E-state index is 0.374. The van der Waals surface area contributed by atoms with Crippen LogP contribution in [-0.4, -0.2) is 16.5 Å². The monoisotopic (exact) mass is 259 g/mol. The van der Waals surface area contributed by atoms with E-state index in [0.29, 0.717) is 6.04 Å². The normalized spacial score (nSPS) is 19.1. The molecule has 1 aliphatic heterocycles. The third-order valence-corrected chi connectivity index (χ3v) is 3.45. The highest BCUT2D eigenvalue weighted by atomic mass is 35.5. The van der Waals surface area contributed by atoms with Gasteiger partial charge in [0.2, 0.25) is 0 Å². The zero-order chi connectivity index (χ0) is 12.4. The van der Waals surface area contributed by atoms with E-state index in [4.69, 9.17) is 11.6 Å². The van der Waals surface area contributed by atoms with Gasteiger partial charge in [0, 0.05) is 22.8 Å². The van der Waals surface area contributed by atoms with E-state index in [1.165, 1.54) is 6.42 Å². The van der Waals surface area contributed by atoms with Gasteiger partial charge in [-0.2, -0.15) is 0 Å². The van der Waals surface area contributed by atoms with Crippen LogP contribution in [0.25, 0.3) is 11.4 Å². The number of nitrogens with one attached hydrogen (secondary N) is 1. The summed E-state index contributed by atoms with van der Waals surface area (Å²) in [6, 6.07) is 9.98. The van der Waals surface area contributed by atoms with Crippen LogP contribution in [0.15, 0.2) is 36.5 Å². The van der Waals surface area contributed by atoms with Crippen LogP contribution in [0, 0.1) is 0 Å². The highest BCUT2D eigenvalue weighted by molar-refractivity contribution is 6.30. The molecule has 1 saturated heterocycles. The van der Waals surface area contributed by atoms with Crippen LogP contribution < -0.4 is 5.32 Å². The Balaban J connectivity index is 1.92. The summed E-state index contributed by atoms with van der Waals surface area (Å²) in [5.41, 5.74) is 2.08. The quantitative estimate of drug-likeness (QED) is 0.900. The summed E-state index contributed by atoms with van der Waals surface area (Å²) in [5.74, 6) is 0.762. The summed E-state index contributed by atoms with van der Waals surface area (Å²) in [7, 11) is 0. The second-order valence-electron chi connectivity index (χ2n) is 4.46. The first-order valence-electron chi connectivity index (χ1n) is 6.15. The van der Waals surface area contributed by atoms with Gasteiger partial charge in [0.05, 0.1) is 5.69 Å². The smallest absolute Gasteiger partial charge is 0.159 e. The molecule has 0 aliphatic carbocycles. The highest BCUT2D eigenvalue weighted by Gasteiger charge is 2.17. The van der Waals surface area contributed by atoms with Gasteiger partial charge in [-0.25, -0.2) is 9.97 Å². The van der Waals surface area contributed by atoms with Gasteiger partial charge >= 0.3 is 0 Å². The van der Waals surface area contributed by atoms with Crippen molar-refractivity contribution in [3.63, 3.8) is 0 Å². The van der Waals surface area contributed by atoms with E-state index in [1.807, 2.05) is 36.5 Å². The molecular formula is C14H14ClN3. The lowest BCUT2D eigenvalue weighted by Gasteiger charge is -2.10. The molecule has 18 heavy (non-hydrogen) atoms. The van der Waals surface area contributed by atoms with Crippen molar-refractivity contribution in [3.8, 4) is 11.4 Å². The molecule has 0 amide bonds. The zero-order valence-corrected chi connectivity index (χ0v) is 10.7. The lowest BCUT2D eigenvalue weighted by atomic mass is 10.1. The summed E-state index contributed by atoms with van der Waals surface area (Å²) in [6.07, 6.45) is 4.19. The molecule has 0 spiro atoms. The van der Waals surface area contributed by atoms with E-state index in [2.05, 4.69) is 15.3 Å². The molecule has 4 heteroatoms. The largest absolute Gasteiger partial charge is 0.309 e. The molecule has 2 heterocycles. The lowest BCUT2D eigenvalue weighted by Crippen LogP contribution is -2.14. The van der Waals surface area contributed by atoms with Crippen LogP contribution in [0.2, 0.25) is 5.02 Å². The molecule has 0 bridgehead atoms. The minimum Gasteiger partial charge on any atom is -0.309 e. The van der Waals surface area contributed by atoms with Gasteiger partial charge in [0.1, 0.15) is 0 Å². The Morgan fingerprint density at radius 1 is 1.17 bits per heavy atom. The zero-order valence-electron chi connectivity index (χ0n) is 9.94. The van der Waals surface area contributed by atoms with E-state index in [1.54, 1.807) is 0 Å². The first-order valence-corrected chi connectivity index (χ1v) is 6.53. The SMILES string of the molecule is Clc1ccc(-c2nccc(C3CCCN3)n2)cc1. The molecule has 92 valence electrons. The van der Waals surface area contributed by atoms with Crippen molar-refractivity contribution >= 4 is 11.6 Å². The van der Waals surface area contributed by atoms with E-state index < -0.39 is 0 Å². The highest BCUT2D eigenvalue weighted by Crippen LogP contribution is 2.23. The van der Waals surface area contributed by atoms with Crippen molar-refractivity contribution in [3.05, 3.63) is 47.2 Å². The molecule has 3 nitrogen and oxygen atoms in total. The summed E-state index contributed by atoms with van der Waals surface area (Å²) in [6.45, 7) is 1.07. The maximum absolute atomic E-state index is 5.88. The fraction of sp³-hybridized carbons (Fsp3) is 0.286. The topological polar surface area (TPSA) is 37.8 Å². The van der Waals surface area contributed by atoms with E-state index in [0.717, 1.165) is 35.1 Å². The molecular weight excluding hydrogens is 246 g/mol. The molecule has 1 aromatic heterocycles. The van der Waals surface area contributed by atoms with Crippen LogP contribution in [0.5, 0.6) is 0 Å². The molecule has 0 saturated carbocycles. The third kappa shape index (κ3) is 2.37. The van der Waals surface area contributed by atoms with Crippen LogP contribution in [0.4, 0.5) is 0 Å². The maximum Gasteiger partial charge on any atom is 0.159 e. The molecule has 2 aromatic rings. The Morgan fingerprint density at radius 2 is 2.00 bits per heavy atom. The number of hydrogen-bond donors (Lipinski definition) is 1. The predicted octanol–water partition coefficient (Wildman–Crippen LogP) is 3.22. The first-order chi connectivity index (χ1) is 8.83. The summed E-state index contributed by atoms with van der Waals surface area (Å²) in [5, 5.41) is 4.18. The van der Waals surface area contributed by atoms with Gasteiger partial charge < -0.3 is 5.32 Å². The number of benzene rings is 1. The van der Waals surface area contributed by atoms with Crippen LogP contribution in [0.1, 0.15) is 24.6 Å². The van der Waals surface area contributed by atoms with Crippen LogP contribution >= 0.6 is 11.6 Å². The van der Waals surface area contributed by atoms with E-state index >= 15 is 0 Å². The van der Waals surface area contributed by atoms with E-state index in [9.17, 15) is 0 Å². The van der Waals surface area contributed by atoms with Crippen molar-refractivity contribution in [2.75, 3.05) is 6.54 Å². The number of nitrogens with zero attached hydrogens (tertiary/aromatic N) is 2. The fourth-order valence-corrected chi connectivity index (χ4v) is 2.37. The Labute approximate surface area is 111 Å². The number of halogens is 1. The average molecular weight is 260 g/mol. The first kappa shape index (κ1) is 11.6. The Hall–Kier alpha value is -1.45. The number of rotatable bonds is 2. The standard InChI is InChI=1S/C14H14ClN3/c15-11-5-3-10(4-6-11)14-17-9-7-13(18-14)12-2-1-8-16-12/h3-7,9,12,16H,1-2,8H2. The van der Waals surface area contributed by atoms with Crippen molar-refractivity contribution < 1.29 is 0 Å². The van der Waals surface area contributed by atoms with Crippen LogP contribution in [0.3, 0.4) is 0 Å². The molecule has 1 N–H and O–H groups in total. The molecule has 3 rings (SSSR count). The molecule has 1 aliphatic rings. The second kappa shape index (κ2) is 5.04. The van der Waals surface area contributed by atoms with Gasteiger partial charge in [-0.1, -0.05) is 11.6 Å². The molecule has 1 aromatic carbocycles. The van der Waals surface area contributed by atoms with Crippen LogP contribution in [-0.2, 0) is 0 Å². The lowest BCUT2D eigenvalue weighted by molar-refractivity contribution is 0.626. The van der Waals surface area contributed by atoms with Crippen molar-refractivity contribution in [2.24, 2.45) is 0 Å². The summed E-state index contributed by atoms with van der Waals surface area (Å²) < 4.78 is 0. The average Bonchev–Trinajstić information content (AvgIpc) is 2.94. The molecule has 1 unspecified atom stereocenters. The van der Waals surface area contributed by atoms with Gasteiger partial charge in [-0.05, 0) is 49.7 Å². The third-order valence-electron chi connectivity index (χ3n) is 3.20. The summed E-state index contributed by atoms with van der Waals surface area (Å²) >= 11 is 5.88. The number of aromatic nitrogens is 2. The van der Waals surface area contributed by atoms with E-state index in [-0.39, 0.29) is 0 Å². The predicted molar refractivity (Wildman–Crippen MR) is 72.5 cm³/mol. The Morgan fingerprint density at radius 3 is 2.72 bits per heavy atom. The number of hydrogen-bond acceptors (Lipinski definition) is 3. The van der Waals surface area contributed by atoms with Crippen molar-refractivity contribution in [1.29, 1.82) is 0 Å². The van der Waals surface area contributed by atoms with Gasteiger partial charge in [-0.15, -0.1) is 0 Å².